The van der Waals surface area contributed by atoms with E-state index in [0.717, 1.165) is 38.6 Å². The third-order valence-electron chi connectivity index (χ3n) is 4.42. The highest BCUT2D eigenvalue weighted by molar-refractivity contribution is 4.91. The van der Waals surface area contributed by atoms with Crippen LogP contribution in [0.4, 0.5) is 13.2 Å². The summed E-state index contributed by atoms with van der Waals surface area (Å²) in [5, 5.41) is 3.46. The third-order valence-corrected chi connectivity index (χ3v) is 4.42. The molecule has 1 saturated carbocycles. The molecular weight excluding hydrogens is 265 g/mol. The molecule has 1 N–H and O–H groups in total. The quantitative estimate of drug-likeness (QED) is 0.768. The molecule has 120 valence electrons. The molecule has 0 saturated heterocycles. The minimum Gasteiger partial charge on any atom is -0.312 e. The van der Waals surface area contributed by atoms with Gasteiger partial charge in [-0.15, -0.1) is 0 Å². The molecule has 3 unspecified atom stereocenters. The Bertz CT molecular complexity index is 268. The molecule has 0 aliphatic heterocycles. The van der Waals surface area contributed by atoms with Crippen LogP contribution in [0.3, 0.4) is 0 Å². The van der Waals surface area contributed by atoms with E-state index in [1.165, 1.54) is 0 Å². The van der Waals surface area contributed by atoms with E-state index < -0.39 is 12.7 Å². The molecule has 1 aliphatic rings. The van der Waals surface area contributed by atoms with Crippen LogP contribution >= 0.6 is 0 Å². The smallest absolute Gasteiger partial charge is 0.312 e. The Kier molecular flexibility index (Phi) is 7.30. The van der Waals surface area contributed by atoms with Crippen molar-refractivity contribution in [2.75, 3.05) is 19.6 Å². The molecule has 0 aromatic carbocycles. The predicted octanol–water partition coefficient (Wildman–Crippen LogP) is 3.82. The molecule has 0 heterocycles. The molecule has 0 bridgehead atoms. The van der Waals surface area contributed by atoms with Gasteiger partial charge in [-0.3, -0.25) is 4.90 Å². The molecule has 5 heteroatoms. The zero-order chi connectivity index (χ0) is 15.2. The van der Waals surface area contributed by atoms with Crippen molar-refractivity contribution in [3.05, 3.63) is 0 Å². The minimum atomic E-state index is -4.11. The highest BCUT2D eigenvalue weighted by atomic mass is 19.4. The van der Waals surface area contributed by atoms with Gasteiger partial charge in [-0.25, -0.2) is 0 Å². The fourth-order valence-corrected chi connectivity index (χ4v) is 3.27. The Morgan fingerprint density at radius 2 is 1.85 bits per heavy atom. The van der Waals surface area contributed by atoms with Gasteiger partial charge >= 0.3 is 6.18 Å². The van der Waals surface area contributed by atoms with Crippen LogP contribution in [0.15, 0.2) is 0 Å². The van der Waals surface area contributed by atoms with E-state index >= 15 is 0 Å². The van der Waals surface area contributed by atoms with Crippen LogP contribution in [0, 0.1) is 5.92 Å². The fourth-order valence-electron chi connectivity index (χ4n) is 3.27. The Morgan fingerprint density at radius 3 is 2.35 bits per heavy atom. The Morgan fingerprint density at radius 1 is 1.15 bits per heavy atom. The van der Waals surface area contributed by atoms with E-state index in [1.54, 1.807) is 4.90 Å². The zero-order valence-corrected chi connectivity index (χ0v) is 13.0. The van der Waals surface area contributed by atoms with Crippen molar-refractivity contribution in [3.63, 3.8) is 0 Å². The summed E-state index contributed by atoms with van der Waals surface area (Å²) < 4.78 is 38.2. The number of halogens is 3. The van der Waals surface area contributed by atoms with E-state index in [-0.39, 0.29) is 12.1 Å². The first-order valence-corrected chi connectivity index (χ1v) is 7.95. The van der Waals surface area contributed by atoms with Crippen molar-refractivity contribution in [2.45, 2.75) is 71.1 Å². The summed E-state index contributed by atoms with van der Waals surface area (Å²) in [6.07, 6.45) is 1.01. The SMILES string of the molecule is CCCNC1CCC(CC)CC1N(CC)CC(F)(F)F. The maximum absolute atomic E-state index is 12.7. The zero-order valence-electron chi connectivity index (χ0n) is 13.0. The molecule has 0 aromatic heterocycles. The van der Waals surface area contributed by atoms with Crippen LogP contribution in [-0.4, -0.2) is 42.8 Å². The van der Waals surface area contributed by atoms with Crippen molar-refractivity contribution >= 4 is 0 Å². The summed E-state index contributed by atoms with van der Waals surface area (Å²) >= 11 is 0. The molecule has 1 aliphatic carbocycles. The number of hydrogen-bond acceptors (Lipinski definition) is 2. The van der Waals surface area contributed by atoms with Crippen LogP contribution in [0.25, 0.3) is 0 Å². The summed E-state index contributed by atoms with van der Waals surface area (Å²) in [4.78, 5) is 1.62. The number of hydrogen-bond donors (Lipinski definition) is 1. The molecule has 0 spiro atoms. The van der Waals surface area contributed by atoms with Gasteiger partial charge in [0.1, 0.15) is 0 Å². The first-order valence-electron chi connectivity index (χ1n) is 7.95. The standard InChI is InChI=1S/C15H29F3N2/c1-4-9-19-13-8-7-12(5-2)10-14(13)20(6-3)11-15(16,17)18/h12-14,19H,4-11H2,1-3H3. The topological polar surface area (TPSA) is 15.3 Å². The van der Waals surface area contributed by atoms with Crippen LogP contribution in [-0.2, 0) is 0 Å². The molecule has 20 heavy (non-hydrogen) atoms. The first-order chi connectivity index (χ1) is 9.41. The van der Waals surface area contributed by atoms with Gasteiger partial charge in [0.05, 0.1) is 6.54 Å². The average Bonchev–Trinajstić information content (AvgIpc) is 2.41. The predicted molar refractivity (Wildman–Crippen MR) is 76.8 cm³/mol. The van der Waals surface area contributed by atoms with Gasteiger partial charge in [-0.05, 0) is 44.7 Å². The lowest BCUT2D eigenvalue weighted by molar-refractivity contribution is -0.153. The van der Waals surface area contributed by atoms with Gasteiger partial charge in [0.25, 0.3) is 0 Å². The van der Waals surface area contributed by atoms with Gasteiger partial charge in [-0.1, -0.05) is 27.2 Å². The summed E-state index contributed by atoms with van der Waals surface area (Å²) in [7, 11) is 0. The number of rotatable bonds is 7. The Balaban J connectivity index is 2.73. The minimum absolute atomic E-state index is 0.0203. The number of alkyl halides is 3. The third kappa shape index (κ3) is 5.60. The molecule has 1 rings (SSSR count). The Labute approximate surface area is 121 Å². The Hall–Kier alpha value is -0.290. The lowest BCUT2D eigenvalue weighted by Gasteiger charge is -2.43. The van der Waals surface area contributed by atoms with Crippen LogP contribution < -0.4 is 5.32 Å². The second-order valence-electron chi connectivity index (χ2n) is 5.89. The molecule has 3 atom stereocenters. The van der Waals surface area contributed by atoms with Gasteiger partial charge < -0.3 is 5.32 Å². The molecule has 2 nitrogen and oxygen atoms in total. The van der Waals surface area contributed by atoms with E-state index in [1.807, 2.05) is 6.92 Å². The van der Waals surface area contributed by atoms with Crippen molar-refractivity contribution in [1.29, 1.82) is 0 Å². The van der Waals surface area contributed by atoms with Crippen molar-refractivity contribution in [2.24, 2.45) is 5.92 Å². The van der Waals surface area contributed by atoms with E-state index in [2.05, 4.69) is 19.2 Å². The summed E-state index contributed by atoms with van der Waals surface area (Å²) in [5.41, 5.74) is 0. The fraction of sp³-hybridized carbons (Fsp3) is 1.00. The molecule has 0 amide bonds. The first kappa shape index (κ1) is 17.8. The number of nitrogens with one attached hydrogen (secondary N) is 1. The monoisotopic (exact) mass is 294 g/mol. The summed E-state index contributed by atoms with van der Waals surface area (Å²) in [6, 6.07) is 0.229. The van der Waals surface area contributed by atoms with Crippen LogP contribution in [0.2, 0.25) is 0 Å². The van der Waals surface area contributed by atoms with Crippen molar-refractivity contribution < 1.29 is 13.2 Å². The molecule has 1 fully saturated rings. The van der Waals surface area contributed by atoms with E-state index in [0.29, 0.717) is 12.5 Å². The van der Waals surface area contributed by atoms with Gasteiger partial charge in [0, 0.05) is 12.1 Å². The van der Waals surface area contributed by atoms with Gasteiger partial charge in [0.15, 0.2) is 0 Å². The molecular formula is C15H29F3N2. The maximum Gasteiger partial charge on any atom is 0.401 e. The van der Waals surface area contributed by atoms with Gasteiger partial charge in [0.2, 0.25) is 0 Å². The van der Waals surface area contributed by atoms with Crippen molar-refractivity contribution in [3.8, 4) is 0 Å². The van der Waals surface area contributed by atoms with Crippen LogP contribution in [0.1, 0.15) is 52.9 Å². The van der Waals surface area contributed by atoms with E-state index in [9.17, 15) is 13.2 Å². The lowest BCUT2D eigenvalue weighted by atomic mass is 9.80. The summed E-state index contributed by atoms with van der Waals surface area (Å²) in [5.74, 6) is 0.571. The second kappa shape index (κ2) is 8.23. The highest BCUT2D eigenvalue weighted by Crippen LogP contribution is 2.31. The number of likely N-dealkylation sites (N-methyl/N-ethyl adjacent to an activating group) is 1. The normalized spacial score (nSPS) is 28.1. The second-order valence-corrected chi connectivity index (χ2v) is 5.89. The van der Waals surface area contributed by atoms with E-state index in [4.69, 9.17) is 0 Å². The summed E-state index contributed by atoms with van der Waals surface area (Å²) in [6.45, 7) is 6.63. The molecule has 0 aromatic rings. The highest BCUT2D eigenvalue weighted by Gasteiger charge is 2.38. The van der Waals surface area contributed by atoms with Crippen molar-refractivity contribution in [1.82, 2.24) is 10.2 Å². The number of nitrogens with zero attached hydrogens (tertiary/aromatic N) is 1. The lowest BCUT2D eigenvalue weighted by Crippen LogP contribution is -2.55. The van der Waals surface area contributed by atoms with Gasteiger partial charge in [-0.2, -0.15) is 13.2 Å². The average molecular weight is 294 g/mol. The molecule has 0 radical (unpaired) electrons. The van der Waals surface area contributed by atoms with Crippen LogP contribution in [0.5, 0.6) is 0 Å². The maximum atomic E-state index is 12.7. The largest absolute Gasteiger partial charge is 0.401 e.